The molecule has 4 aromatic rings. The molecule has 8 heteroatoms. The van der Waals surface area contributed by atoms with Crippen LogP contribution in [0.4, 0.5) is 4.39 Å². The van der Waals surface area contributed by atoms with Gasteiger partial charge in [-0.05, 0) is 49.4 Å². The van der Waals surface area contributed by atoms with Crippen LogP contribution in [0.1, 0.15) is 6.92 Å². The number of aryl methyl sites for hydroxylation is 1. The molecule has 0 unspecified atom stereocenters. The van der Waals surface area contributed by atoms with E-state index < -0.39 is 11.4 Å². The monoisotopic (exact) mass is 381 g/mol. The van der Waals surface area contributed by atoms with Crippen molar-refractivity contribution in [2.45, 2.75) is 13.5 Å². The largest absolute Gasteiger partial charge is 0.506 e. The van der Waals surface area contributed by atoms with Crippen LogP contribution in [0.2, 0.25) is 0 Å². The Morgan fingerprint density at radius 2 is 1.96 bits per heavy atom. The minimum atomic E-state index is -0.539. The summed E-state index contributed by atoms with van der Waals surface area (Å²) in [6.45, 7) is 2.04. The lowest BCUT2D eigenvalue weighted by atomic mass is 10.1. The number of aromatic hydroxyl groups is 1. The van der Waals surface area contributed by atoms with Crippen molar-refractivity contribution in [3.05, 3.63) is 58.6 Å². The second-order valence-corrected chi connectivity index (χ2v) is 6.09. The molecule has 0 aliphatic rings. The van der Waals surface area contributed by atoms with Crippen molar-refractivity contribution in [1.29, 1.82) is 0 Å². The molecule has 2 aromatic carbocycles. The molecule has 0 saturated carbocycles. The highest BCUT2D eigenvalue weighted by Crippen LogP contribution is 2.33. The topological polar surface area (TPSA) is 90.4 Å². The van der Waals surface area contributed by atoms with Gasteiger partial charge in [0.05, 0.1) is 12.6 Å². The molecule has 4 rings (SSSR count). The Morgan fingerprint density at radius 3 is 2.64 bits per heavy atom. The van der Waals surface area contributed by atoms with Gasteiger partial charge in [-0.15, -0.1) is 0 Å². The summed E-state index contributed by atoms with van der Waals surface area (Å²) in [7, 11) is 1.56. The minimum absolute atomic E-state index is 0.109. The van der Waals surface area contributed by atoms with Crippen molar-refractivity contribution in [3.63, 3.8) is 0 Å². The van der Waals surface area contributed by atoms with Crippen LogP contribution in [0.15, 0.2) is 51.8 Å². The van der Waals surface area contributed by atoms with Gasteiger partial charge >= 0.3 is 0 Å². The average Bonchev–Trinajstić information content (AvgIpc) is 3.18. The first-order chi connectivity index (χ1) is 13.5. The summed E-state index contributed by atoms with van der Waals surface area (Å²) in [5, 5.41) is 14.9. The van der Waals surface area contributed by atoms with Crippen molar-refractivity contribution in [3.8, 4) is 34.3 Å². The zero-order valence-electron chi connectivity index (χ0n) is 15.1. The molecule has 0 fully saturated rings. The summed E-state index contributed by atoms with van der Waals surface area (Å²) in [6.07, 6.45) is 0. The second-order valence-electron chi connectivity index (χ2n) is 6.09. The fourth-order valence-electron chi connectivity index (χ4n) is 3.10. The first kappa shape index (κ1) is 17.7. The Hall–Kier alpha value is -3.68. The van der Waals surface area contributed by atoms with Crippen molar-refractivity contribution in [1.82, 2.24) is 14.7 Å². The molecule has 0 amide bonds. The highest BCUT2D eigenvalue weighted by atomic mass is 19.1. The van der Waals surface area contributed by atoms with Crippen LogP contribution in [-0.4, -0.2) is 26.9 Å². The Bertz CT molecular complexity index is 1230. The maximum Gasteiger partial charge on any atom is 0.267 e. The maximum atomic E-state index is 13.6. The fourth-order valence-corrected chi connectivity index (χ4v) is 3.10. The number of nitrogens with zero attached hydrogens (tertiary/aromatic N) is 3. The molecule has 0 aliphatic heterocycles. The van der Waals surface area contributed by atoms with Crippen molar-refractivity contribution in [2.75, 3.05) is 7.11 Å². The summed E-state index contributed by atoms with van der Waals surface area (Å²) in [6, 6.07) is 10.8. The van der Waals surface area contributed by atoms with E-state index in [1.54, 1.807) is 38.3 Å². The van der Waals surface area contributed by atoms with Crippen LogP contribution in [0.3, 0.4) is 0 Å². The number of hydrogen-bond acceptors (Lipinski definition) is 6. The fraction of sp³-hybridized carbons (Fsp3) is 0.150. The predicted molar refractivity (Wildman–Crippen MR) is 101 cm³/mol. The van der Waals surface area contributed by atoms with E-state index >= 15 is 0 Å². The SMILES string of the molecule is CCn1c(=O)c(-c2nc(-c3ccc(OC)cc3)no2)c(O)c2ccc(F)cc21. The quantitative estimate of drug-likeness (QED) is 0.581. The number of pyridine rings is 1. The van der Waals surface area contributed by atoms with E-state index in [-0.39, 0.29) is 29.6 Å². The van der Waals surface area contributed by atoms with E-state index in [1.165, 1.54) is 22.8 Å². The van der Waals surface area contributed by atoms with Gasteiger partial charge in [0.1, 0.15) is 22.9 Å². The number of aromatic nitrogens is 3. The third kappa shape index (κ3) is 2.79. The second kappa shape index (κ2) is 6.80. The standard InChI is InChI=1S/C20H16FN3O4/c1-3-24-15-10-12(21)6-9-14(15)17(25)16(20(24)26)19-22-18(23-28-19)11-4-7-13(27-2)8-5-11/h4-10,25H,3H2,1-2H3. The van der Waals surface area contributed by atoms with Gasteiger partial charge in [-0.2, -0.15) is 4.98 Å². The van der Waals surface area contributed by atoms with Gasteiger partial charge in [0.25, 0.3) is 11.4 Å². The molecule has 0 bridgehead atoms. The predicted octanol–water partition coefficient (Wildman–Crippen LogP) is 3.59. The number of methoxy groups -OCH3 is 1. The molecule has 7 nitrogen and oxygen atoms in total. The lowest BCUT2D eigenvalue weighted by Gasteiger charge is -2.11. The normalized spacial score (nSPS) is 11.1. The number of halogens is 1. The van der Waals surface area contributed by atoms with Gasteiger partial charge in [0.15, 0.2) is 0 Å². The summed E-state index contributed by atoms with van der Waals surface area (Å²) in [4.78, 5) is 17.2. The highest BCUT2D eigenvalue weighted by molar-refractivity contribution is 5.91. The Balaban J connectivity index is 1.89. The van der Waals surface area contributed by atoms with Gasteiger partial charge in [0.2, 0.25) is 5.82 Å². The van der Waals surface area contributed by atoms with Crippen LogP contribution >= 0.6 is 0 Å². The third-order valence-corrected chi connectivity index (χ3v) is 4.51. The van der Waals surface area contributed by atoms with Crippen LogP contribution < -0.4 is 10.3 Å². The molecule has 142 valence electrons. The van der Waals surface area contributed by atoms with Crippen molar-refractivity contribution in [2.24, 2.45) is 0 Å². The van der Waals surface area contributed by atoms with Crippen LogP contribution in [0.5, 0.6) is 11.5 Å². The molecular weight excluding hydrogens is 365 g/mol. The van der Waals surface area contributed by atoms with E-state index in [1.807, 2.05) is 0 Å². The van der Waals surface area contributed by atoms with Gasteiger partial charge in [0, 0.05) is 17.5 Å². The first-order valence-corrected chi connectivity index (χ1v) is 8.57. The molecule has 0 saturated heterocycles. The molecule has 0 atom stereocenters. The zero-order chi connectivity index (χ0) is 19.8. The van der Waals surface area contributed by atoms with Gasteiger partial charge in [-0.25, -0.2) is 4.39 Å². The molecular formula is C20H16FN3O4. The Kier molecular flexibility index (Phi) is 4.31. The Morgan fingerprint density at radius 1 is 1.21 bits per heavy atom. The number of fused-ring (bicyclic) bond motifs is 1. The van der Waals surface area contributed by atoms with Crippen LogP contribution in [0.25, 0.3) is 33.7 Å². The lowest BCUT2D eigenvalue weighted by molar-refractivity contribution is 0.414. The van der Waals surface area contributed by atoms with E-state index in [4.69, 9.17) is 9.26 Å². The van der Waals surface area contributed by atoms with Gasteiger partial charge < -0.3 is 18.9 Å². The highest BCUT2D eigenvalue weighted by Gasteiger charge is 2.23. The Labute approximate surface area is 158 Å². The number of ether oxygens (including phenoxy) is 1. The lowest BCUT2D eigenvalue weighted by Crippen LogP contribution is -2.21. The zero-order valence-corrected chi connectivity index (χ0v) is 15.1. The van der Waals surface area contributed by atoms with Crippen LogP contribution in [-0.2, 0) is 6.54 Å². The van der Waals surface area contributed by atoms with Crippen LogP contribution in [0, 0.1) is 5.82 Å². The van der Waals surface area contributed by atoms with Crippen molar-refractivity contribution >= 4 is 10.9 Å². The number of hydrogen-bond donors (Lipinski definition) is 1. The first-order valence-electron chi connectivity index (χ1n) is 8.57. The molecule has 28 heavy (non-hydrogen) atoms. The molecule has 2 heterocycles. The summed E-state index contributed by atoms with van der Waals surface area (Å²) >= 11 is 0. The van der Waals surface area contributed by atoms with Gasteiger partial charge in [-0.3, -0.25) is 4.79 Å². The molecule has 0 aliphatic carbocycles. The van der Waals surface area contributed by atoms with E-state index in [0.717, 1.165) is 0 Å². The minimum Gasteiger partial charge on any atom is -0.506 e. The number of rotatable bonds is 4. The smallest absolute Gasteiger partial charge is 0.267 e. The summed E-state index contributed by atoms with van der Waals surface area (Å²) < 4.78 is 25.4. The van der Waals surface area contributed by atoms with Crippen molar-refractivity contribution < 1.29 is 18.8 Å². The summed E-state index contributed by atoms with van der Waals surface area (Å²) in [5.74, 6) is 0.00798. The van der Waals surface area contributed by atoms with E-state index in [0.29, 0.717) is 22.2 Å². The van der Waals surface area contributed by atoms with E-state index in [9.17, 15) is 14.3 Å². The molecule has 0 spiro atoms. The third-order valence-electron chi connectivity index (χ3n) is 4.51. The molecule has 1 N–H and O–H groups in total. The van der Waals surface area contributed by atoms with E-state index in [2.05, 4.69) is 10.1 Å². The number of benzene rings is 2. The average molecular weight is 381 g/mol. The van der Waals surface area contributed by atoms with Gasteiger partial charge in [-0.1, -0.05) is 5.16 Å². The maximum absolute atomic E-state index is 13.6. The molecule has 2 aromatic heterocycles. The molecule has 0 radical (unpaired) electrons. The summed E-state index contributed by atoms with van der Waals surface area (Å²) in [5.41, 5.74) is 0.300.